The van der Waals surface area contributed by atoms with Crippen molar-refractivity contribution in [2.24, 2.45) is 0 Å². The van der Waals surface area contributed by atoms with Crippen molar-refractivity contribution in [2.75, 3.05) is 11.4 Å². The molecule has 1 aromatic carbocycles. The maximum Gasteiger partial charge on any atom is 0.227 e. The zero-order chi connectivity index (χ0) is 10.8. The van der Waals surface area contributed by atoms with Crippen molar-refractivity contribution >= 4 is 17.3 Å². The van der Waals surface area contributed by atoms with Gasteiger partial charge >= 0.3 is 0 Å². The lowest BCUT2D eigenvalue weighted by Crippen LogP contribution is -2.40. The van der Waals surface area contributed by atoms with E-state index in [9.17, 15) is 9.18 Å². The molecule has 0 unspecified atom stereocenters. The number of piperidine rings is 1. The van der Waals surface area contributed by atoms with Crippen molar-refractivity contribution in [1.82, 2.24) is 0 Å². The molecule has 0 aromatic heterocycles. The molecule has 0 spiro atoms. The van der Waals surface area contributed by atoms with Gasteiger partial charge in [0.1, 0.15) is 5.69 Å². The fraction of sp³-hybridized carbons (Fsp3) is 0.364. The zero-order valence-electron chi connectivity index (χ0n) is 8.50. The number of quaternary nitrogens is 1. The largest absolute Gasteiger partial charge is 0.325 e. The minimum atomic E-state index is -0.363. The first-order valence-corrected chi connectivity index (χ1v) is 5.10. The van der Waals surface area contributed by atoms with Gasteiger partial charge in [-0.25, -0.2) is 4.39 Å². The summed E-state index contributed by atoms with van der Waals surface area (Å²) in [6, 6.07) is 4.71. The van der Waals surface area contributed by atoms with Crippen molar-refractivity contribution in [1.29, 1.82) is 0 Å². The normalized spacial score (nSPS) is 16.9. The molecule has 80 valence electrons. The van der Waals surface area contributed by atoms with Gasteiger partial charge in [0.25, 0.3) is 0 Å². The van der Waals surface area contributed by atoms with Gasteiger partial charge in [-0.05, 0) is 18.9 Å². The molecule has 0 saturated carbocycles. The van der Waals surface area contributed by atoms with E-state index in [0.717, 1.165) is 12.8 Å². The molecule has 1 aliphatic heterocycles. The van der Waals surface area contributed by atoms with Gasteiger partial charge in [-0.2, -0.15) is 0 Å². The number of rotatable bonds is 1. The SMILES string of the molecule is [NH3+]c1ccc(N2CCCCC2=O)c(F)c1. The standard InChI is InChI=1S/C11H13FN2O/c12-9-7-8(13)4-5-10(9)14-6-2-1-3-11(14)15/h4-5,7H,1-3,6,13H2/p+1. The summed E-state index contributed by atoms with van der Waals surface area (Å²) in [7, 11) is 0. The summed E-state index contributed by atoms with van der Waals surface area (Å²) in [6.45, 7) is 0.617. The minimum absolute atomic E-state index is 0.0111. The Bertz CT molecular complexity index is 392. The van der Waals surface area contributed by atoms with Crippen molar-refractivity contribution in [3.63, 3.8) is 0 Å². The second-order valence-electron chi connectivity index (χ2n) is 3.79. The van der Waals surface area contributed by atoms with Gasteiger partial charge < -0.3 is 10.6 Å². The molecule has 0 bridgehead atoms. The third-order valence-corrected chi connectivity index (χ3v) is 2.63. The first kappa shape index (κ1) is 10.1. The number of hydrogen-bond donors (Lipinski definition) is 1. The summed E-state index contributed by atoms with van der Waals surface area (Å²) < 4.78 is 13.6. The van der Waals surface area contributed by atoms with Crippen LogP contribution in [0.2, 0.25) is 0 Å². The number of anilines is 1. The monoisotopic (exact) mass is 209 g/mol. The van der Waals surface area contributed by atoms with E-state index in [4.69, 9.17) is 0 Å². The van der Waals surface area contributed by atoms with E-state index < -0.39 is 0 Å². The Labute approximate surface area is 87.7 Å². The highest BCUT2D eigenvalue weighted by Crippen LogP contribution is 2.24. The van der Waals surface area contributed by atoms with E-state index in [0.29, 0.717) is 24.3 Å². The Morgan fingerprint density at radius 1 is 1.33 bits per heavy atom. The fourth-order valence-electron chi connectivity index (χ4n) is 1.83. The summed E-state index contributed by atoms with van der Waals surface area (Å²) in [5.41, 5.74) is 4.65. The fourth-order valence-corrected chi connectivity index (χ4v) is 1.83. The van der Waals surface area contributed by atoms with Crippen LogP contribution in [0.1, 0.15) is 19.3 Å². The molecule has 3 N–H and O–H groups in total. The summed E-state index contributed by atoms with van der Waals surface area (Å²) in [5.74, 6) is -0.352. The lowest BCUT2D eigenvalue weighted by Gasteiger charge is -2.26. The van der Waals surface area contributed by atoms with Crippen LogP contribution in [0.25, 0.3) is 0 Å². The van der Waals surface area contributed by atoms with Crippen molar-refractivity contribution in [3.05, 3.63) is 24.0 Å². The summed E-state index contributed by atoms with van der Waals surface area (Å²) >= 11 is 0. The molecular weight excluding hydrogens is 195 g/mol. The number of carbonyl (C=O) groups excluding carboxylic acids is 1. The average Bonchev–Trinajstić information content (AvgIpc) is 2.20. The van der Waals surface area contributed by atoms with Gasteiger partial charge in [-0.3, -0.25) is 4.79 Å². The Morgan fingerprint density at radius 2 is 2.13 bits per heavy atom. The summed E-state index contributed by atoms with van der Waals surface area (Å²) in [5, 5.41) is 0. The third-order valence-electron chi connectivity index (χ3n) is 2.63. The number of benzene rings is 1. The van der Waals surface area contributed by atoms with Gasteiger partial charge in [0, 0.05) is 25.1 Å². The Hall–Kier alpha value is -1.42. The van der Waals surface area contributed by atoms with Gasteiger partial charge in [0.05, 0.1) is 5.69 Å². The molecule has 1 saturated heterocycles. The Morgan fingerprint density at radius 3 is 2.80 bits per heavy atom. The van der Waals surface area contributed by atoms with E-state index in [1.54, 1.807) is 12.1 Å². The first-order chi connectivity index (χ1) is 7.18. The van der Waals surface area contributed by atoms with Crippen LogP contribution >= 0.6 is 0 Å². The van der Waals surface area contributed by atoms with Crippen LogP contribution in [-0.2, 0) is 4.79 Å². The van der Waals surface area contributed by atoms with Gasteiger partial charge in [0.2, 0.25) is 5.91 Å². The highest BCUT2D eigenvalue weighted by molar-refractivity contribution is 5.94. The van der Waals surface area contributed by atoms with Gasteiger partial charge in [-0.1, -0.05) is 0 Å². The van der Waals surface area contributed by atoms with Crippen LogP contribution in [0.4, 0.5) is 15.8 Å². The number of hydrogen-bond acceptors (Lipinski definition) is 1. The van der Waals surface area contributed by atoms with Crippen molar-refractivity contribution in [3.8, 4) is 0 Å². The van der Waals surface area contributed by atoms with E-state index in [1.807, 2.05) is 0 Å². The van der Waals surface area contributed by atoms with E-state index in [-0.39, 0.29) is 11.7 Å². The molecule has 15 heavy (non-hydrogen) atoms. The molecule has 3 nitrogen and oxygen atoms in total. The van der Waals surface area contributed by atoms with Crippen LogP contribution in [0.3, 0.4) is 0 Å². The highest BCUT2D eigenvalue weighted by Gasteiger charge is 2.22. The Kier molecular flexibility index (Phi) is 2.68. The lowest BCUT2D eigenvalue weighted by molar-refractivity contribution is -0.255. The molecule has 0 atom stereocenters. The van der Waals surface area contributed by atoms with Crippen molar-refractivity contribution < 1.29 is 14.9 Å². The molecule has 1 fully saturated rings. The topological polar surface area (TPSA) is 48.0 Å². The molecule has 0 radical (unpaired) electrons. The van der Waals surface area contributed by atoms with Crippen molar-refractivity contribution in [2.45, 2.75) is 19.3 Å². The second-order valence-corrected chi connectivity index (χ2v) is 3.79. The van der Waals surface area contributed by atoms with Crippen LogP contribution in [0, 0.1) is 5.82 Å². The minimum Gasteiger partial charge on any atom is -0.325 e. The van der Waals surface area contributed by atoms with E-state index >= 15 is 0 Å². The van der Waals surface area contributed by atoms with Crippen LogP contribution in [0.5, 0.6) is 0 Å². The number of carbonyl (C=O) groups is 1. The molecule has 0 aliphatic carbocycles. The first-order valence-electron chi connectivity index (χ1n) is 5.10. The predicted molar refractivity (Wildman–Crippen MR) is 55.2 cm³/mol. The van der Waals surface area contributed by atoms with Gasteiger partial charge in [-0.15, -0.1) is 0 Å². The molecule has 1 aromatic rings. The van der Waals surface area contributed by atoms with Gasteiger partial charge in [0.15, 0.2) is 5.82 Å². The zero-order valence-corrected chi connectivity index (χ0v) is 8.50. The third kappa shape index (κ3) is 1.99. The van der Waals surface area contributed by atoms with E-state index in [1.165, 1.54) is 11.0 Å². The van der Waals surface area contributed by atoms with Crippen LogP contribution in [0.15, 0.2) is 18.2 Å². The summed E-state index contributed by atoms with van der Waals surface area (Å²) in [6.07, 6.45) is 2.37. The van der Waals surface area contributed by atoms with Crippen LogP contribution < -0.4 is 10.6 Å². The lowest BCUT2D eigenvalue weighted by atomic mass is 10.1. The van der Waals surface area contributed by atoms with Crippen LogP contribution in [-0.4, -0.2) is 12.5 Å². The maximum absolute atomic E-state index is 13.6. The number of nitrogens with zero attached hydrogens (tertiary/aromatic N) is 1. The highest BCUT2D eigenvalue weighted by atomic mass is 19.1. The smallest absolute Gasteiger partial charge is 0.227 e. The van der Waals surface area contributed by atoms with E-state index in [2.05, 4.69) is 5.73 Å². The average molecular weight is 209 g/mol. The number of halogens is 1. The molecule has 2 rings (SSSR count). The number of amides is 1. The molecule has 4 heteroatoms. The molecular formula is C11H14FN2O+. The quantitative estimate of drug-likeness (QED) is 0.742. The predicted octanol–water partition coefficient (Wildman–Crippen LogP) is 1.22. The maximum atomic E-state index is 13.6. The Balaban J connectivity index is 2.31. The molecule has 1 amide bonds. The second kappa shape index (κ2) is 3.98. The molecule has 1 aliphatic rings. The summed E-state index contributed by atoms with van der Waals surface area (Å²) in [4.78, 5) is 13.1. The molecule has 1 heterocycles.